The van der Waals surface area contributed by atoms with Gasteiger partial charge in [-0.1, -0.05) is 0 Å². The van der Waals surface area contributed by atoms with E-state index in [1.54, 1.807) is 6.08 Å². The number of carbonyl (C=O) groups excluding carboxylic acids is 1. The molecule has 1 aliphatic rings. The molecule has 2 N–H and O–H groups in total. The molecule has 0 aromatic carbocycles. The molecule has 0 radical (unpaired) electrons. The Kier molecular flexibility index (Phi) is 5.95. The highest BCUT2D eigenvalue weighted by atomic mass is 35.5. The third-order valence-corrected chi connectivity index (χ3v) is 2.80. The molecule has 5 heteroatoms. The van der Waals surface area contributed by atoms with Gasteiger partial charge < -0.3 is 15.1 Å². The summed E-state index contributed by atoms with van der Waals surface area (Å²) in [5.74, 6) is 1.49. The second-order valence-corrected chi connectivity index (χ2v) is 4.33. The van der Waals surface area contributed by atoms with Crippen LogP contribution in [-0.2, 0) is 4.79 Å². The van der Waals surface area contributed by atoms with Crippen LogP contribution in [0.25, 0.3) is 6.08 Å². The van der Waals surface area contributed by atoms with Crippen LogP contribution in [0.5, 0.6) is 0 Å². The van der Waals surface area contributed by atoms with Crippen molar-refractivity contribution in [2.45, 2.75) is 25.8 Å². The van der Waals surface area contributed by atoms with E-state index in [1.807, 2.05) is 19.1 Å². The first-order valence-corrected chi connectivity index (χ1v) is 6.00. The zero-order valence-electron chi connectivity index (χ0n) is 10.4. The molecule has 1 atom stereocenters. The molecule has 1 fully saturated rings. The van der Waals surface area contributed by atoms with Crippen molar-refractivity contribution in [1.82, 2.24) is 10.6 Å². The summed E-state index contributed by atoms with van der Waals surface area (Å²) in [6.45, 7) is 3.79. The average Bonchev–Trinajstić information content (AvgIpc) is 2.74. The fourth-order valence-electron chi connectivity index (χ4n) is 1.93. The number of rotatable bonds is 3. The molecule has 18 heavy (non-hydrogen) atoms. The van der Waals surface area contributed by atoms with E-state index in [9.17, 15) is 4.79 Å². The van der Waals surface area contributed by atoms with Crippen LogP contribution in [-0.4, -0.2) is 25.0 Å². The number of hydrogen-bond donors (Lipinski definition) is 2. The number of nitrogens with one attached hydrogen (secondary N) is 2. The Morgan fingerprint density at radius 2 is 2.39 bits per heavy atom. The second-order valence-electron chi connectivity index (χ2n) is 4.33. The first kappa shape index (κ1) is 14.8. The standard InChI is InChI=1S/C13H18N2O2.ClH/c1-10-4-5-12(17-10)6-7-13(16)15-11-3-2-8-14-9-11;/h4-7,11,14H,2-3,8-9H2,1H3,(H,15,16);1H. The van der Waals surface area contributed by atoms with Gasteiger partial charge in [0.1, 0.15) is 11.5 Å². The van der Waals surface area contributed by atoms with Crippen molar-refractivity contribution < 1.29 is 9.21 Å². The van der Waals surface area contributed by atoms with E-state index >= 15 is 0 Å². The Labute approximate surface area is 113 Å². The van der Waals surface area contributed by atoms with Gasteiger partial charge in [0.05, 0.1) is 0 Å². The van der Waals surface area contributed by atoms with E-state index < -0.39 is 0 Å². The highest BCUT2D eigenvalue weighted by molar-refractivity contribution is 5.91. The van der Waals surface area contributed by atoms with Crippen LogP contribution >= 0.6 is 12.4 Å². The molecule has 0 bridgehead atoms. The van der Waals surface area contributed by atoms with Gasteiger partial charge in [0, 0.05) is 18.7 Å². The van der Waals surface area contributed by atoms with Crippen molar-refractivity contribution in [2.24, 2.45) is 0 Å². The summed E-state index contributed by atoms with van der Waals surface area (Å²) >= 11 is 0. The van der Waals surface area contributed by atoms with Crippen molar-refractivity contribution in [3.05, 3.63) is 29.7 Å². The summed E-state index contributed by atoms with van der Waals surface area (Å²) in [5, 5.41) is 6.23. The maximum Gasteiger partial charge on any atom is 0.244 e. The van der Waals surface area contributed by atoms with Gasteiger partial charge >= 0.3 is 0 Å². The second kappa shape index (κ2) is 7.24. The van der Waals surface area contributed by atoms with E-state index in [2.05, 4.69) is 10.6 Å². The molecule has 1 aromatic rings. The number of halogens is 1. The summed E-state index contributed by atoms with van der Waals surface area (Å²) in [6.07, 6.45) is 5.38. The van der Waals surface area contributed by atoms with Crippen LogP contribution in [0.3, 0.4) is 0 Å². The van der Waals surface area contributed by atoms with Crippen LogP contribution in [0.15, 0.2) is 22.6 Å². The summed E-state index contributed by atoms with van der Waals surface area (Å²) in [4.78, 5) is 11.6. The van der Waals surface area contributed by atoms with Crippen LogP contribution in [0, 0.1) is 6.92 Å². The minimum atomic E-state index is -0.0623. The molecular formula is C13H19ClN2O2. The molecule has 0 spiro atoms. The third-order valence-electron chi connectivity index (χ3n) is 2.80. The predicted octanol–water partition coefficient (Wildman–Crippen LogP) is 1.89. The van der Waals surface area contributed by atoms with E-state index in [4.69, 9.17) is 4.42 Å². The van der Waals surface area contributed by atoms with Gasteiger partial charge in [-0.2, -0.15) is 0 Å². The van der Waals surface area contributed by atoms with Gasteiger partial charge in [-0.3, -0.25) is 4.79 Å². The smallest absolute Gasteiger partial charge is 0.244 e. The molecule has 0 saturated carbocycles. The molecule has 1 saturated heterocycles. The lowest BCUT2D eigenvalue weighted by Crippen LogP contribution is -2.45. The summed E-state index contributed by atoms with van der Waals surface area (Å²) in [6, 6.07) is 3.98. The molecular weight excluding hydrogens is 252 g/mol. The average molecular weight is 271 g/mol. The van der Waals surface area contributed by atoms with Crippen molar-refractivity contribution in [2.75, 3.05) is 13.1 Å². The van der Waals surface area contributed by atoms with E-state index in [1.165, 1.54) is 6.08 Å². The number of piperidine rings is 1. The Bertz CT molecular complexity index is 409. The zero-order valence-corrected chi connectivity index (χ0v) is 11.3. The van der Waals surface area contributed by atoms with Gasteiger partial charge in [0.15, 0.2) is 0 Å². The molecule has 1 amide bonds. The van der Waals surface area contributed by atoms with Crippen LogP contribution in [0.1, 0.15) is 24.4 Å². The molecule has 2 rings (SSSR count). The first-order valence-electron chi connectivity index (χ1n) is 6.00. The summed E-state index contributed by atoms with van der Waals surface area (Å²) < 4.78 is 5.34. The number of furan rings is 1. The van der Waals surface area contributed by atoms with Gasteiger partial charge in [-0.15, -0.1) is 12.4 Å². The predicted molar refractivity (Wildman–Crippen MR) is 73.8 cm³/mol. The van der Waals surface area contributed by atoms with E-state index in [0.29, 0.717) is 5.76 Å². The number of amides is 1. The summed E-state index contributed by atoms with van der Waals surface area (Å²) in [5.41, 5.74) is 0. The normalized spacial score (nSPS) is 19.5. The fourth-order valence-corrected chi connectivity index (χ4v) is 1.93. The lowest BCUT2D eigenvalue weighted by molar-refractivity contribution is -0.117. The molecule has 4 nitrogen and oxygen atoms in total. The summed E-state index contributed by atoms with van der Waals surface area (Å²) in [7, 11) is 0. The fraction of sp³-hybridized carbons (Fsp3) is 0.462. The minimum absolute atomic E-state index is 0. The Morgan fingerprint density at radius 3 is 3.00 bits per heavy atom. The van der Waals surface area contributed by atoms with E-state index in [0.717, 1.165) is 31.7 Å². The minimum Gasteiger partial charge on any atom is -0.462 e. The molecule has 1 unspecified atom stereocenters. The lowest BCUT2D eigenvalue weighted by Gasteiger charge is -2.23. The van der Waals surface area contributed by atoms with Gasteiger partial charge in [0.2, 0.25) is 5.91 Å². The molecule has 100 valence electrons. The van der Waals surface area contributed by atoms with Crippen molar-refractivity contribution in [3.63, 3.8) is 0 Å². The van der Waals surface area contributed by atoms with Crippen molar-refractivity contribution in [1.29, 1.82) is 0 Å². The van der Waals surface area contributed by atoms with Gasteiger partial charge in [-0.25, -0.2) is 0 Å². The zero-order chi connectivity index (χ0) is 12.1. The van der Waals surface area contributed by atoms with Crippen molar-refractivity contribution >= 4 is 24.4 Å². The topological polar surface area (TPSA) is 54.3 Å². The maximum atomic E-state index is 11.6. The monoisotopic (exact) mass is 270 g/mol. The molecule has 0 aliphatic carbocycles. The Hall–Kier alpha value is -1.26. The Morgan fingerprint density at radius 1 is 1.56 bits per heavy atom. The Balaban J connectivity index is 0.00000162. The van der Waals surface area contributed by atoms with Crippen molar-refractivity contribution in [3.8, 4) is 0 Å². The number of hydrogen-bond acceptors (Lipinski definition) is 3. The lowest BCUT2D eigenvalue weighted by atomic mass is 10.1. The number of carbonyl (C=O) groups is 1. The van der Waals surface area contributed by atoms with Gasteiger partial charge in [-0.05, 0) is 44.5 Å². The molecule has 1 aromatic heterocycles. The molecule has 2 heterocycles. The van der Waals surface area contributed by atoms with E-state index in [-0.39, 0.29) is 24.4 Å². The maximum absolute atomic E-state index is 11.6. The van der Waals surface area contributed by atoms with Crippen LogP contribution < -0.4 is 10.6 Å². The van der Waals surface area contributed by atoms with Crippen LogP contribution in [0.2, 0.25) is 0 Å². The third kappa shape index (κ3) is 4.55. The van der Waals surface area contributed by atoms with Crippen LogP contribution in [0.4, 0.5) is 0 Å². The largest absolute Gasteiger partial charge is 0.462 e. The highest BCUT2D eigenvalue weighted by Crippen LogP contribution is 2.08. The first-order chi connectivity index (χ1) is 8.24. The molecule has 1 aliphatic heterocycles. The SMILES string of the molecule is Cc1ccc(C=CC(=O)NC2CCCNC2)o1.Cl. The highest BCUT2D eigenvalue weighted by Gasteiger charge is 2.13. The quantitative estimate of drug-likeness (QED) is 0.825. The number of aryl methyl sites for hydroxylation is 1. The van der Waals surface area contributed by atoms with Gasteiger partial charge in [0.25, 0.3) is 0 Å².